The maximum atomic E-state index is 12.6. The summed E-state index contributed by atoms with van der Waals surface area (Å²) < 4.78 is 5.69. The van der Waals surface area contributed by atoms with Crippen LogP contribution >= 0.6 is 23.1 Å². The topological polar surface area (TPSA) is 62.5 Å². The smallest absolute Gasteiger partial charge is 0.257 e. The first-order valence-corrected chi connectivity index (χ1v) is 12.1. The first-order chi connectivity index (χ1) is 15.2. The Hall–Kier alpha value is -2.68. The van der Waals surface area contributed by atoms with Crippen molar-refractivity contribution in [1.29, 1.82) is 0 Å². The zero-order valence-electron chi connectivity index (χ0n) is 16.9. The first-order valence-electron chi connectivity index (χ1n) is 10.2. The molecule has 8 heteroatoms. The van der Waals surface area contributed by atoms with E-state index in [0.717, 1.165) is 60.1 Å². The van der Waals surface area contributed by atoms with Crippen LogP contribution in [0.1, 0.15) is 5.69 Å². The molecule has 4 aromatic rings. The molecule has 0 radical (unpaired) electrons. The van der Waals surface area contributed by atoms with Gasteiger partial charge in [-0.3, -0.25) is 9.69 Å². The molecule has 0 spiro atoms. The van der Waals surface area contributed by atoms with Crippen molar-refractivity contribution in [2.24, 2.45) is 0 Å². The lowest BCUT2D eigenvalue weighted by Crippen LogP contribution is -2.48. The highest BCUT2D eigenvalue weighted by molar-refractivity contribution is 7.99. The van der Waals surface area contributed by atoms with E-state index in [9.17, 15) is 4.79 Å². The predicted octanol–water partition coefficient (Wildman–Crippen LogP) is 4.39. The molecule has 0 aliphatic carbocycles. The number of amides is 1. The van der Waals surface area contributed by atoms with Gasteiger partial charge < -0.3 is 9.32 Å². The van der Waals surface area contributed by atoms with E-state index < -0.39 is 0 Å². The van der Waals surface area contributed by atoms with Crippen molar-refractivity contribution in [1.82, 2.24) is 19.8 Å². The second-order valence-electron chi connectivity index (χ2n) is 7.40. The van der Waals surface area contributed by atoms with E-state index in [0.29, 0.717) is 11.0 Å². The summed E-state index contributed by atoms with van der Waals surface area (Å²) in [6, 6.07) is 17.9. The van der Waals surface area contributed by atoms with Crippen LogP contribution in [0.2, 0.25) is 0 Å². The van der Waals surface area contributed by atoms with Crippen LogP contribution in [0.3, 0.4) is 0 Å². The maximum absolute atomic E-state index is 12.6. The van der Waals surface area contributed by atoms with Crippen LogP contribution in [-0.2, 0) is 11.3 Å². The molecule has 31 heavy (non-hydrogen) atoms. The third-order valence-electron chi connectivity index (χ3n) is 5.28. The molecule has 3 heterocycles. The van der Waals surface area contributed by atoms with E-state index in [4.69, 9.17) is 9.40 Å². The van der Waals surface area contributed by atoms with Gasteiger partial charge in [0.15, 0.2) is 5.58 Å². The molecular weight excluding hydrogens is 428 g/mol. The predicted molar refractivity (Wildman–Crippen MR) is 124 cm³/mol. The van der Waals surface area contributed by atoms with Crippen LogP contribution in [0, 0.1) is 0 Å². The van der Waals surface area contributed by atoms with Gasteiger partial charge in [-0.25, -0.2) is 9.97 Å². The van der Waals surface area contributed by atoms with Crippen molar-refractivity contribution < 1.29 is 9.21 Å². The molecule has 1 amide bonds. The number of piperazine rings is 1. The van der Waals surface area contributed by atoms with E-state index in [1.54, 1.807) is 11.3 Å². The zero-order valence-corrected chi connectivity index (χ0v) is 18.6. The Morgan fingerprint density at radius 1 is 1.00 bits per heavy atom. The van der Waals surface area contributed by atoms with E-state index in [1.165, 1.54) is 11.8 Å². The van der Waals surface area contributed by atoms with E-state index >= 15 is 0 Å². The van der Waals surface area contributed by atoms with Crippen molar-refractivity contribution in [3.8, 4) is 10.6 Å². The highest BCUT2D eigenvalue weighted by Gasteiger charge is 2.22. The fourth-order valence-electron chi connectivity index (χ4n) is 3.60. The van der Waals surface area contributed by atoms with Gasteiger partial charge in [0, 0.05) is 43.7 Å². The number of benzene rings is 2. The molecule has 0 saturated carbocycles. The average molecular weight is 451 g/mol. The highest BCUT2D eigenvalue weighted by Crippen LogP contribution is 2.25. The largest absolute Gasteiger partial charge is 0.431 e. The molecule has 0 unspecified atom stereocenters. The molecule has 1 fully saturated rings. The molecule has 6 nitrogen and oxygen atoms in total. The highest BCUT2D eigenvalue weighted by atomic mass is 32.2. The Labute approximate surface area is 188 Å². The maximum Gasteiger partial charge on any atom is 0.257 e. The average Bonchev–Trinajstić information content (AvgIpc) is 3.45. The minimum Gasteiger partial charge on any atom is -0.431 e. The summed E-state index contributed by atoms with van der Waals surface area (Å²) in [7, 11) is 0. The molecule has 0 N–H and O–H groups in total. The number of aromatic nitrogens is 2. The Balaban J connectivity index is 1.10. The van der Waals surface area contributed by atoms with Crippen LogP contribution in [0.4, 0.5) is 0 Å². The van der Waals surface area contributed by atoms with Gasteiger partial charge in [-0.2, -0.15) is 0 Å². The number of carbonyl (C=O) groups is 1. The Morgan fingerprint density at radius 2 is 1.77 bits per heavy atom. The summed E-state index contributed by atoms with van der Waals surface area (Å²) in [6.07, 6.45) is 0. The Kier molecular flexibility index (Phi) is 6.01. The molecule has 5 rings (SSSR count). The Morgan fingerprint density at radius 3 is 2.58 bits per heavy atom. The third-order valence-corrected chi connectivity index (χ3v) is 7.03. The molecule has 2 aromatic heterocycles. The number of nitrogens with zero attached hydrogens (tertiary/aromatic N) is 4. The van der Waals surface area contributed by atoms with Gasteiger partial charge in [0.05, 0.1) is 11.4 Å². The zero-order chi connectivity index (χ0) is 21.0. The standard InChI is InChI=1S/C23H22N4O2S2/c28-21(16-31-23-25-19-8-4-5-9-20(19)29-23)27-12-10-26(11-13-27)14-18-15-30-22(24-18)17-6-2-1-3-7-17/h1-9,15H,10-14,16H2. The molecule has 1 saturated heterocycles. The minimum absolute atomic E-state index is 0.131. The molecule has 2 aromatic carbocycles. The van der Waals surface area contributed by atoms with Crippen molar-refractivity contribution in [2.45, 2.75) is 11.8 Å². The van der Waals surface area contributed by atoms with Gasteiger partial charge >= 0.3 is 0 Å². The van der Waals surface area contributed by atoms with Crippen molar-refractivity contribution in [2.75, 3.05) is 31.9 Å². The molecule has 158 valence electrons. The molecule has 0 bridgehead atoms. The van der Waals surface area contributed by atoms with Crippen LogP contribution in [0.5, 0.6) is 0 Å². The number of hydrogen-bond acceptors (Lipinski definition) is 7. The fourth-order valence-corrected chi connectivity index (χ4v) is 5.16. The monoisotopic (exact) mass is 450 g/mol. The van der Waals surface area contributed by atoms with E-state index in [-0.39, 0.29) is 5.91 Å². The van der Waals surface area contributed by atoms with Gasteiger partial charge in [0.2, 0.25) is 5.91 Å². The Bertz CT molecular complexity index is 1130. The van der Waals surface area contributed by atoms with E-state index in [1.807, 2.05) is 47.4 Å². The number of carbonyl (C=O) groups excluding carboxylic acids is 1. The number of oxazole rings is 1. The van der Waals surface area contributed by atoms with Crippen LogP contribution in [0.15, 0.2) is 69.6 Å². The second-order valence-corrected chi connectivity index (χ2v) is 9.19. The number of thiazole rings is 1. The first kappa shape index (κ1) is 20.2. The number of fused-ring (bicyclic) bond motifs is 1. The summed E-state index contributed by atoms with van der Waals surface area (Å²) in [5, 5.41) is 3.74. The fraction of sp³-hybridized carbons (Fsp3) is 0.261. The second kappa shape index (κ2) is 9.21. The summed E-state index contributed by atoms with van der Waals surface area (Å²) in [6.45, 7) is 4.02. The SMILES string of the molecule is O=C(CSc1nc2ccccc2o1)N1CCN(Cc2csc(-c3ccccc3)n2)CC1. The lowest BCUT2D eigenvalue weighted by molar-refractivity contribution is -0.130. The van der Waals surface area contributed by atoms with Crippen molar-refractivity contribution in [3.63, 3.8) is 0 Å². The van der Waals surface area contributed by atoms with Gasteiger partial charge in [0.1, 0.15) is 10.5 Å². The van der Waals surface area contributed by atoms with Crippen LogP contribution in [-0.4, -0.2) is 57.6 Å². The van der Waals surface area contributed by atoms with E-state index in [2.05, 4.69) is 27.4 Å². The molecule has 1 aliphatic heterocycles. The number of hydrogen-bond donors (Lipinski definition) is 0. The van der Waals surface area contributed by atoms with Crippen LogP contribution in [0.25, 0.3) is 21.7 Å². The molecule has 0 atom stereocenters. The normalized spacial score (nSPS) is 14.9. The van der Waals surface area contributed by atoms with Crippen molar-refractivity contribution >= 4 is 40.1 Å². The number of para-hydroxylation sites is 2. The minimum atomic E-state index is 0.131. The summed E-state index contributed by atoms with van der Waals surface area (Å²) in [4.78, 5) is 26.1. The van der Waals surface area contributed by atoms with Gasteiger partial charge in [0.25, 0.3) is 5.22 Å². The number of rotatable bonds is 6. The lowest BCUT2D eigenvalue weighted by Gasteiger charge is -2.34. The molecular formula is C23H22N4O2S2. The lowest BCUT2D eigenvalue weighted by atomic mass is 10.2. The third kappa shape index (κ3) is 4.81. The quantitative estimate of drug-likeness (QED) is 0.406. The summed E-state index contributed by atoms with van der Waals surface area (Å²) >= 11 is 3.04. The van der Waals surface area contributed by atoms with Gasteiger partial charge in [-0.15, -0.1) is 11.3 Å². The molecule has 1 aliphatic rings. The van der Waals surface area contributed by atoms with Gasteiger partial charge in [-0.1, -0.05) is 54.2 Å². The van der Waals surface area contributed by atoms with Crippen LogP contribution < -0.4 is 0 Å². The van der Waals surface area contributed by atoms with Crippen molar-refractivity contribution in [3.05, 3.63) is 65.7 Å². The summed E-state index contributed by atoms with van der Waals surface area (Å²) in [5.41, 5.74) is 3.83. The van der Waals surface area contributed by atoms with Gasteiger partial charge in [-0.05, 0) is 12.1 Å². The number of thioether (sulfide) groups is 1. The summed E-state index contributed by atoms with van der Waals surface area (Å²) in [5.74, 6) is 0.478.